The number of aromatic amines is 1. The molecule has 1 unspecified atom stereocenters. The third-order valence-corrected chi connectivity index (χ3v) is 2.83. The van der Waals surface area contributed by atoms with Crippen molar-refractivity contribution in [3.63, 3.8) is 0 Å². The van der Waals surface area contributed by atoms with E-state index in [1.54, 1.807) is 0 Å². The first-order valence-corrected chi connectivity index (χ1v) is 5.73. The molecule has 1 aromatic heterocycles. The molecule has 0 saturated carbocycles. The van der Waals surface area contributed by atoms with E-state index in [4.69, 9.17) is 5.73 Å². The van der Waals surface area contributed by atoms with Crippen molar-refractivity contribution in [2.24, 2.45) is 5.73 Å². The number of rotatable bonds is 4. The fraction of sp³-hybridized carbons (Fsp3) is 0.308. The molecule has 0 aliphatic carbocycles. The summed E-state index contributed by atoms with van der Waals surface area (Å²) in [6.07, 6.45) is 2.73. The van der Waals surface area contributed by atoms with Gasteiger partial charge in [-0.3, -0.25) is 4.79 Å². The molecule has 17 heavy (non-hydrogen) atoms. The third kappa shape index (κ3) is 2.65. The van der Waals surface area contributed by atoms with Gasteiger partial charge >= 0.3 is 0 Å². The molecule has 4 N–H and O–H groups in total. The Kier molecular flexibility index (Phi) is 3.44. The molecule has 1 amide bonds. The van der Waals surface area contributed by atoms with Crippen LogP contribution in [0.1, 0.15) is 12.5 Å². The Hall–Kier alpha value is -1.81. The first-order valence-electron chi connectivity index (χ1n) is 5.73. The van der Waals surface area contributed by atoms with Crippen molar-refractivity contribution in [3.8, 4) is 0 Å². The molecular formula is C13H17N3O. The maximum atomic E-state index is 11.0. The van der Waals surface area contributed by atoms with Crippen LogP contribution in [-0.2, 0) is 11.2 Å². The number of benzene rings is 1. The second-order valence-electron chi connectivity index (χ2n) is 4.20. The highest BCUT2D eigenvalue weighted by atomic mass is 16.1. The van der Waals surface area contributed by atoms with Crippen LogP contribution in [0, 0.1) is 0 Å². The lowest BCUT2D eigenvalue weighted by Crippen LogP contribution is -2.40. The average Bonchev–Trinajstić information content (AvgIpc) is 2.71. The van der Waals surface area contributed by atoms with Crippen LogP contribution < -0.4 is 11.1 Å². The molecule has 0 spiro atoms. The Morgan fingerprint density at radius 3 is 2.94 bits per heavy atom. The number of fused-ring (bicyclic) bond motifs is 1. The molecule has 0 saturated heterocycles. The first-order chi connectivity index (χ1) is 8.20. The van der Waals surface area contributed by atoms with Gasteiger partial charge in [-0.25, -0.2) is 0 Å². The molecule has 1 aromatic carbocycles. The summed E-state index contributed by atoms with van der Waals surface area (Å²) < 4.78 is 0. The summed E-state index contributed by atoms with van der Waals surface area (Å²) in [6.45, 7) is 1.96. The molecule has 2 rings (SSSR count). The number of hydrogen-bond acceptors (Lipinski definition) is 2. The van der Waals surface area contributed by atoms with E-state index in [-0.39, 0.29) is 11.9 Å². The summed E-state index contributed by atoms with van der Waals surface area (Å²) in [5.41, 5.74) is 7.95. The molecule has 1 heterocycles. The van der Waals surface area contributed by atoms with Crippen LogP contribution >= 0.6 is 0 Å². The molecule has 1 atom stereocenters. The van der Waals surface area contributed by atoms with Gasteiger partial charge < -0.3 is 16.0 Å². The summed E-state index contributed by atoms with van der Waals surface area (Å²) in [4.78, 5) is 14.2. The Labute approximate surface area is 100 Å². The summed E-state index contributed by atoms with van der Waals surface area (Å²) in [6, 6.07) is 8.11. The molecule has 4 nitrogen and oxygen atoms in total. The van der Waals surface area contributed by atoms with Crippen LogP contribution in [0.25, 0.3) is 10.9 Å². The van der Waals surface area contributed by atoms with E-state index in [1.165, 1.54) is 17.9 Å². The Morgan fingerprint density at radius 2 is 2.24 bits per heavy atom. The maximum absolute atomic E-state index is 11.0. The summed E-state index contributed by atoms with van der Waals surface area (Å²) in [5, 5.41) is 4.05. The number of hydrogen-bond donors (Lipinski definition) is 3. The van der Waals surface area contributed by atoms with Crippen molar-refractivity contribution >= 4 is 16.8 Å². The Morgan fingerprint density at radius 1 is 1.47 bits per heavy atom. The van der Waals surface area contributed by atoms with Gasteiger partial charge in [-0.15, -0.1) is 0 Å². The maximum Gasteiger partial charge on any atom is 0.217 e. The van der Waals surface area contributed by atoms with Crippen LogP contribution in [0.4, 0.5) is 0 Å². The fourth-order valence-corrected chi connectivity index (χ4v) is 2.05. The van der Waals surface area contributed by atoms with E-state index in [2.05, 4.69) is 16.4 Å². The predicted octanol–water partition coefficient (Wildman–Crippen LogP) is 1.17. The molecule has 0 fully saturated rings. The molecule has 0 aliphatic rings. The fourth-order valence-electron chi connectivity index (χ4n) is 2.05. The van der Waals surface area contributed by atoms with Gasteiger partial charge in [0.1, 0.15) is 0 Å². The second-order valence-corrected chi connectivity index (χ2v) is 4.20. The van der Waals surface area contributed by atoms with Crippen molar-refractivity contribution in [1.29, 1.82) is 0 Å². The van der Waals surface area contributed by atoms with Gasteiger partial charge in [0.15, 0.2) is 0 Å². The zero-order chi connectivity index (χ0) is 12.3. The van der Waals surface area contributed by atoms with Crippen molar-refractivity contribution in [3.05, 3.63) is 36.0 Å². The van der Waals surface area contributed by atoms with Crippen LogP contribution in [0.2, 0.25) is 0 Å². The topological polar surface area (TPSA) is 70.9 Å². The lowest BCUT2D eigenvalue weighted by molar-refractivity contribution is -0.119. The zero-order valence-corrected chi connectivity index (χ0v) is 9.86. The number of nitrogens with two attached hydrogens (primary N) is 1. The minimum absolute atomic E-state index is 0.00768. The number of aromatic nitrogens is 1. The lowest BCUT2D eigenvalue weighted by Gasteiger charge is -2.14. The standard InChI is InChI=1S/C13H17N3O/c1-9(17)16-11(7-14)6-10-8-15-13-5-3-2-4-12(10)13/h2-5,8,11,15H,6-7,14H2,1H3,(H,16,17). The van der Waals surface area contributed by atoms with Gasteiger partial charge in [-0.05, 0) is 18.1 Å². The highest BCUT2D eigenvalue weighted by molar-refractivity contribution is 5.83. The zero-order valence-electron chi connectivity index (χ0n) is 9.86. The molecule has 0 bridgehead atoms. The van der Waals surface area contributed by atoms with E-state index >= 15 is 0 Å². The van der Waals surface area contributed by atoms with E-state index in [0.717, 1.165) is 11.9 Å². The van der Waals surface area contributed by atoms with Crippen LogP contribution in [0.5, 0.6) is 0 Å². The largest absolute Gasteiger partial charge is 0.361 e. The summed E-state index contributed by atoms with van der Waals surface area (Å²) in [7, 11) is 0. The molecule has 90 valence electrons. The summed E-state index contributed by atoms with van der Waals surface area (Å²) in [5.74, 6) is -0.0414. The number of carbonyl (C=O) groups is 1. The summed E-state index contributed by atoms with van der Waals surface area (Å²) >= 11 is 0. The van der Waals surface area contributed by atoms with Crippen molar-refractivity contribution in [2.75, 3.05) is 6.54 Å². The van der Waals surface area contributed by atoms with Gasteiger partial charge in [0.05, 0.1) is 0 Å². The lowest BCUT2D eigenvalue weighted by atomic mass is 10.1. The highest BCUT2D eigenvalue weighted by Crippen LogP contribution is 2.18. The van der Waals surface area contributed by atoms with E-state index in [1.807, 2.05) is 24.4 Å². The van der Waals surface area contributed by atoms with Gasteiger partial charge in [0, 0.05) is 36.6 Å². The van der Waals surface area contributed by atoms with E-state index < -0.39 is 0 Å². The minimum Gasteiger partial charge on any atom is -0.361 e. The molecule has 4 heteroatoms. The number of carbonyl (C=O) groups excluding carboxylic acids is 1. The Bertz CT molecular complexity index is 518. The Balaban J connectivity index is 2.19. The van der Waals surface area contributed by atoms with Crippen molar-refractivity contribution in [1.82, 2.24) is 10.3 Å². The number of nitrogens with one attached hydrogen (secondary N) is 2. The van der Waals surface area contributed by atoms with Crippen molar-refractivity contribution in [2.45, 2.75) is 19.4 Å². The van der Waals surface area contributed by atoms with Gasteiger partial charge in [-0.2, -0.15) is 0 Å². The van der Waals surface area contributed by atoms with E-state index in [9.17, 15) is 4.79 Å². The molecule has 2 aromatic rings. The third-order valence-electron chi connectivity index (χ3n) is 2.83. The number of amides is 1. The first kappa shape index (κ1) is 11.7. The average molecular weight is 231 g/mol. The smallest absolute Gasteiger partial charge is 0.217 e. The molecule has 0 aliphatic heterocycles. The monoisotopic (exact) mass is 231 g/mol. The van der Waals surface area contributed by atoms with Crippen molar-refractivity contribution < 1.29 is 4.79 Å². The van der Waals surface area contributed by atoms with Crippen LogP contribution in [-0.4, -0.2) is 23.5 Å². The van der Waals surface area contributed by atoms with E-state index in [0.29, 0.717) is 6.54 Å². The van der Waals surface area contributed by atoms with Crippen LogP contribution in [0.3, 0.4) is 0 Å². The van der Waals surface area contributed by atoms with Gasteiger partial charge in [0.25, 0.3) is 0 Å². The SMILES string of the molecule is CC(=O)NC(CN)Cc1c[nH]c2ccccc12. The highest BCUT2D eigenvalue weighted by Gasteiger charge is 2.11. The minimum atomic E-state index is -0.0414. The molecule has 0 radical (unpaired) electrons. The predicted molar refractivity (Wildman–Crippen MR) is 68.7 cm³/mol. The number of H-pyrrole nitrogens is 1. The van der Waals surface area contributed by atoms with Gasteiger partial charge in [0.2, 0.25) is 5.91 Å². The normalized spacial score (nSPS) is 12.6. The second kappa shape index (κ2) is 5.01. The number of para-hydroxylation sites is 1. The van der Waals surface area contributed by atoms with Crippen LogP contribution in [0.15, 0.2) is 30.5 Å². The quantitative estimate of drug-likeness (QED) is 0.739. The molecular weight excluding hydrogens is 214 g/mol. The van der Waals surface area contributed by atoms with Gasteiger partial charge in [-0.1, -0.05) is 18.2 Å².